The molecule has 0 saturated carbocycles. The summed E-state index contributed by atoms with van der Waals surface area (Å²) in [6, 6.07) is 5.17. The fourth-order valence-electron chi connectivity index (χ4n) is 3.90. The van der Waals surface area contributed by atoms with E-state index in [1.807, 2.05) is 26.8 Å². The number of aromatic amines is 1. The van der Waals surface area contributed by atoms with Crippen LogP contribution in [0.5, 0.6) is 0 Å². The number of nitrogens with two attached hydrogens (primary N) is 1. The molecular formula is C23H27N5O3S2. The van der Waals surface area contributed by atoms with Crippen molar-refractivity contribution in [3.8, 4) is 0 Å². The van der Waals surface area contributed by atoms with Crippen LogP contribution >= 0.6 is 23.1 Å². The Hall–Kier alpha value is -2.85. The minimum Gasteiger partial charge on any atom is -0.370 e. The number of anilines is 2. The lowest BCUT2D eigenvalue weighted by molar-refractivity contribution is -0.115. The van der Waals surface area contributed by atoms with Crippen LogP contribution in [0.2, 0.25) is 0 Å². The number of amides is 2. The molecule has 1 fully saturated rings. The van der Waals surface area contributed by atoms with Gasteiger partial charge in [0.1, 0.15) is 10.7 Å². The van der Waals surface area contributed by atoms with Crippen molar-refractivity contribution in [1.29, 1.82) is 0 Å². The molecule has 0 aliphatic carbocycles. The maximum Gasteiger partial charge on any atom is 0.259 e. The molecule has 1 aliphatic rings. The molecule has 8 nitrogen and oxygen atoms in total. The predicted molar refractivity (Wildman–Crippen MR) is 136 cm³/mol. The van der Waals surface area contributed by atoms with Gasteiger partial charge in [-0.05, 0) is 57.4 Å². The van der Waals surface area contributed by atoms with Crippen molar-refractivity contribution in [1.82, 2.24) is 9.97 Å². The topological polar surface area (TPSA) is 121 Å². The van der Waals surface area contributed by atoms with E-state index in [1.54, 1.807) is 12.1 Å². The van der Waals surface area contributed by atoms with Crippen LogP contribution in [-0.4, -0.2) is 40.1 Å². The number of hydrogen-bond donors (Lipinski definition) is 3. The van der Waals surface area contributed by atoms with Crippen LogP contribution < -0.4 is 21.5 Å². The third-order valence-electron chi connectivity index (χ3n) is 5.91. The highest BCUT2D eigenvalue weighted by molar-refractivity contribution is 7.99. The predicted octanol–water partition coefficient (Wildman–Crippen LogP) is 3.56. The van der Waals surface area contributed by atoms with Gasteiger partial charge >= 0.3 is 0 Å². The Balaban J connectivity index is 1.48. The number of rotatable bonds is 7. The zero-order chi connectivity index (χ0) is 23.7. The Labute approximate surface area is 200 Å². The zero-order valence-electron chi connectivity index (χ0n) is 18.9. The van der Waals surface area contributed by atoms with E-state index in [0.29, 0.717) is 28.2 Å². The molecule has 33 heavy (non-hydrogen) atoms. The van der Waals surface area contributed by atoms with Crippen LogP contribution in [0.15, 0.2) is 23.0 Å². The Kier molecular flexibility index (Phi) is 6.76. The molecule has 3 heterocycles. The van der Waals surface area contributed by atoms with Crippen LogP contribution in [0, 0.1) is 13.8 Å². The number of aromatic nitrogens is 2. The fraction of sp³-hybridized carbons (Fsp3) is 0.391. The summed E-state index contributed by atoms with van der Waals surface area (Å²) in [5.41, 5.74) is 8.09. The highest BCUT2D eigenvalue weighted by atomic mass is 32.2. The maximum absolute atomic E-state index is 13.0. The summed E-state index contributed by atoms with van der Waals surface area (Å²) in [5.74, 6) is 0.223. The van der Waals surface area contributed by atoms with Gasteiger partial charge in [0.15, 0.2) is 0 Å². The summed E-state index contributed by atoms with van der Waals surface area (Å²) in [5, 5.41) is 3.21. The van der Waals surface area contributed by atoms with Crippen molar-refractivity contribution in [3.05, 3.63) is 50.4 Å². The van der Waals surface area contributed by atoms with Gasteiger partial charge in [0.25, 0.3) is 5.56 Å². The Morgan fingerprint density at radius 2 is 2.03 bits per heavy atom. The van der Waals surface area contributed by atoms with Gasteiger partial charge in [-0.2, -0.15) is 0 Å². The molecule has 174 valence electrons. The van der Waals surface area contributed by atoms with Crippen molar-refractivity contribution >= 4 is 56.5 Å². The number of fused-ring (bicyclic) bond motifs is 1. The van der Waals surface area contributed by atoms with Crippen LogP contribution in [0.4, 0.5) is 11.4 Å². The Morgan fingerprint density at radius 3 is 2.73 bits per heavy atom. The number of nitrogens with zero attached hydrogens (tertiary/aromatic N) is 2. The van der Waals surface area contributed by atoms with Gasteiger partial charge in [-0.3, -0.25) is 14.4 Å². The lowest BCUT2D eigenvalue weighted by Crippen LogP contribution is -2.26. The minimum absolute atomic E-state index is 0.145. The standard InChI is InChI=1S/C23H27N5O3S2/c1-12-13(2)33-23-19(12)22(31)26-18(27-23)11-32-14(3)21(30)25-16-10-15(20(24)29)6-7-17(16)28-8-4-5-9-28/h6-7,10,14H,4-5,8-9,11H2,1-3H3,(H2,24,29)(H,25,30)(H,26,27,31). The van der Waals surface area contributed by atoms with Crippen molar-refractivity contribution in [2.24, 2.45) is 5.73 Å². The molecule has 1 saturated heterocycles. The molecule has 1 aromatic carbocycles. The van der Waals surface area contributed by atoms with Crippen LogP contribution in [0.1, 0.15) is 46.4 Å². The molecule has 2 aromatic heterocycles. The van der Waals surface area contributed by atoms with E-state index in [2.05, 4.69) is 20.2 Å². The SMILES string of the molecule is Cc1sc2nc(CSC(C)C(=O)Nc3cc(C(N)=O)ccc3N3CCCC3)[nH]c(=O)c2c1C. The highest BCUT2D eigenvalue weighted by Crippen LogP contribution is 2.31. The first-order valence-electron chi connectivity index (χ1n) is 10.8. The van der Waals surface area contributed by atoms with Crippen LogP contribution in [0.3, 0.4) is 0 Å². The minimum atomic E-state index is -0.537. The molecule has 0 bridgehead atoms. The maximum atomic E-state index is 13.0. The summed E-state index contributed by atoms with van der Waals surface area (Å²) in [6.07, 6.45) is 2.19. The first-order valence-corrected chi connectivity index (χ1v) is 12.7. The van der Waals surface area contributed by atoms with Crippen molar-refractivity contribution in [2.75, 3.05) is 23.3 Å². The van der Waals surface area contributed by atoms with Crippen molar-refractivity contribution < 1.29 is 9.59 Å². The molecule has 10 heteroatoms. The first kappa shape index (κ1) is 23.3. The van der Waals surface area contributed by atoms with Crippen molar-refractivity contribution in [3.63, 3.8) is 0 Å². The Morgan fingerprint density at radius 1 is 1.30 bits per heavy atom. The average Bonchev–Trinajstić information content (AvgIpc) is 3.40. The van der Waals surface area contributed by atoms with Gasteiger partial charge < -0.3 is 20.9 Å². The number of thiophene rings is 1. The highest BCUT2D eigenvalue weighted by Gasteiger charge is 2.21. The third kappa shape index (κ3) is 4.91. The number of thioether (sulfide) groups is 1. The number of carbonyl (C=O) groups is 2. The van der Waals surface area contributed by atoms with E-state index < -0.39 is 11.2 Å². The van der Waals surface area contributed by atoms with Gasteiger partial charge in [-0.15, -0.1) is 23.1 Å². The average molecular weight is 486 g/mol. The number of hydrogen-bond acceptors (Lipinski definition) is 7. The third-order valence-corrected chi connectivity index (χ3v) is 8.17. The second-order valence-electron chi connectivity index (χ2n) is 8.21. The largest absolute Gasteiger partial charge is 0.370 e. The molecule has 4 N–H and O–H groups in total. The van der Waals surface area contributed by atoms with E-state index in [1.165, 1.54) is 23.1 Å². The molecule has 3 aromatic rings. The van der Waals surface area contributed by atoms with Gasteiger partial charge in [-0.25, -0.2) is 4.98 Å². The molecule has 0 radical (unpaired) electrons. The number of primary amides is 1. The second-order valence-corrected chi connectivity index (χ2v) is 10.7. The monoisotopic (exact) mass is 485 g/mol. The molecule has 1 atom stereocenters. The van der Waals surface area contributed by atoms with Gasteiger partial charge in [0, 0.05) is 23.5 Å². The molecule has 0 spiro atoms. The summed E-state index contributed by atoms with van der Waals surface area (Å²) in [7, 11) is 0. The summed E-state index contributed by atoms with van der Waals surface area (Å²) in [4.78, 5) is 48.5. The molecule has 2 amide bonds. The molecule has 1 unspecified atom stereocenters. The van der Waals surface area contributed by atoms with E-state index in [-0.39, 0.29) is 11.5 Å². The molecule has 4 rings (SSSR count). The van der Waals surface area contributed by atoms with E-state index in [0.717, 1.165) is 46.9 Å². The smallest absolute Gasteiger partial charge is 0.259 e. The summed E-state index contributed by atoms with van der Waals surface area (Å²) >= 11 is 2.89. The van der Waals surface area contributed by atoms with Gasteiger partial charge in [0.2, 0.25) is 11.8 Å². The van der Waals surface area contributed by atoms with Crippen LogP contribution in [-0.2, 0) is 10.5 Å². The summed E-state index contributed by atoms with van der Waals surface area (Å²) in [6.45, 7) is 7.53. The fourth-order valence-corrected chi connectivity index (χ4v) is 5.71. The van der Waals surface area contributed by atoms with Crippen molar-refractivity contribution in [2.45, 2.75) is 44.6 Å². The zero-order valence-corrected chi connectivity index (χ0v) is 20.5. The lowest BCUT2D eigenvalue weighted by Gasteiger charge is -2.23. The number of H-pyrrole nitrogens is 1. The Bertz CT molecular complexity index is 1280. The second kappa shape index (κ2) is 9.56. The normalized spacial score (nSPS) is 14.6. The van der Waals surface area contributed by atoms with E-state index in [4.69, 9.17) is 5.73 Å². The van der Waals surface area contributed by atoms with Crippen LogP contribution in [0.25, 0.3) is 10.2 Å². The first-order chi connectivity index (χ1) is 15.7. The summed E-state index contributed by atoms with van der Waals surface area (Å²) < 4.78 is 0. The molecular weight excluding hydrogens is 458 g/mol. The quantitative estimate of drug-likeness (QED) is 0.470. The number of benzene rings is 1. The molecule has 1 aliphatic heterocycles. The van der Waals surface area contributed by atoms with E-state index >= 15 is 0 Å². The van der Waals surface area contributed by atoms with Gasteiger partial charge in [-0.1, -0.05) is 0 Å². The lowest BCUT2D eigenvalue weighted by atomic mass is 10.1. The number of nitrogens with one attached hydrogen (secondary N) is 2. The number of aryl methyl sites for hydroxylation is 2. The number of carbonyl (C=O) groups excluding carboxylic acids is 2. The van der Waals surface area contributed by atoms with E-state index in [9.17, 15) is 14.4 Å². The van der Waals surface area contributed by atoms with Gasteiger partial charge in [0.05, 0.1) is 27.8 Å².